The smallest absolute Gasteiger partial charge is 0.321 e. The SMILES string of the molecule is C[C@H]1[C@H]2C[C@H](C[C@H]1OC(=O)C1CCN(C(=O)Nc3ccccc3)CC1)C2(C)C. The van der Waals surface area contributed by atoms with Gasteiger partial charge in [0.1, 0.15) is 6.10 Å². The molecule has 5 heteroatoms. The van der Waals surface area contributed by atoms with E-state index in [4.69, 9.17) is 4.74 Å². The third-order valence-electron chi connectivity index (χ3n) is 7.69. The molecule has 4 atom stereocenters. The average molecular weight is 385 g/mol. The zero-order chi connectivity index (χ0) is 19.9. The quantitative estimate of drug-likeness (QED) is 0.778. The number of benzene rings is 1. The van der Waals surface area contributed by atoms with E-state index in [0.717, 1.165) is 12.1 Å². The van der Waals surface area contributed by atoms with E-state index in [1.165, 1.54) is 6.42 Å². The minimum absolute atomic E-state index is 0.0564. The summed E-state index contributed by atoms with van der Waals surface area (Å²) >= 11 is 0. The number of esters is 1. The Morgan fingerprint density at radius 2 is 1.79 bits per heavy atom. The normalized spacial score (nSPS) is 31.6. The topological polar surface area (TPSA) is 58.6 Å². The van der Waals surface area contributed by atoms with Crippen molar-refractivity contribution in [3.8, 4) is 0 Å². The van der Waals surface area contributed by atoms with E-state index in [9.17, 15) is 9.59 Å². The number of ether oxygens (including phenoxy) is 1. The van der Waals surface area contributed by atoms with Crippen molar-refractivity contribution < 1.29 is 14.3 Å². The average Bonchev–Trinajstić information content (AvgIpc) is 2.69. The molecule has 3 aliphatic carbocycles. The monoisotopic (exact) mass is 384 g/mol. The third-order valence-corrected chi connectivity index (χ3v) is 7.69. The van der Waals surface area contributed by atoms with Crippen molar-refractivity contribution in [3.05, 3.63) is 30.3 Å². The lowest BCUT2D eigenvalue weighted by Crippen LogP contribution is -2.57. The summed E-state index contributed by atoms with van der Waals surface area (Å²) in [4.78, 5) is 26.9. The Morgan fingerprint density at radius 1 is 1.11 bits per heavy atom. The van der Waals surface area contributed by atoms with Gasteiger partial charge in [0.2, 0.25) is 0 Å². The van der Waals surface area contributed by atoms with Crippen molar-refractivity contribution >= 4 is 17.7 Å². The van der Waals surface area contributed by atoms with Crippen LogP contribution < -0.4 is 5.32 Å². The van der Waals surface area contributed by atoms with Crippen LogP contribution in [0.3, 0.4) is 0 Å². The van der Waals surface area contributed by atoms with E-state index < -0.39 is 0 Å². The third kappa shape index (κ3) is 3.51. The van der Waals surface area contributed by atoms with Crippen molar-refractivity contribution in [2.24, 2.45) is 29.1 Å². The first-order chi connectivity index (χ1) is 13.4. The summed E-state index contributed by atoms with van der Waals surface area (Å²) in [7, 11) is 0. The van der Waals surface area contributed by atoms with Crippen molar-refractivity contribution in [1.29, 1.82) is 0 Å². The van der Waals surface area contributed by atoms with Gasteiger partial charge < -0.3 is 15.0 Å². The first kappa shape index (κ1) is 19.3. The van der Waals surface area contributed by atoms with Gasteiger partial charge in [0.25, 0.3) is 0 Å². The van der Waals surface area contributed by atoms with Gasteiger partial charge in [-0.2, -0.15) is 0 Å². The van der Waals surface area contributed by atoms with Gasteiger partial charge in [-0.05, 0) is 61.0 Å². The highest BCUT2D eigenvalue weighted by Gasteiger charge is 2.57. The lowest BCUT2D eigenvalue weighted by Gasteiger charge is -2.61. The summed E-state index contributed by atoms with van der Waals surface area (Å²) in [6.45, 7) is 8.15. The Bertz CT molecular complexity index is 725. The molecule has 1 saturated heterocycles. The molecule has 0 unspecified atom stereocenters. The molecule has 5 nitrogen and oxygen atoms in total. The van der Waals surface area contributed by atoms with E-state index in [-0.39, 0.29) is 24.0 Å². The van der Waals surface area contributed by atoms with Crippen LogP contribution in [-0.2, 0) is 9.53 Å². The fourth-order valence-electron chi connectivity index (χ4n) is 5.55. The van der Waals surface area contributed by atoms with Crippen LogP contribution in [0.5, 0.6) is 0 Å². The zero-order valence-electron chi connectivity index (χ0n) is 17.2. The molecule has 4 fully saturated rings. The Labute approximate surface area is 167 Å². The van der Waals surface area contributed by atoms with E-state index in [1.807, 2.05) is 30.3 Å². The lowest BCUT2D eigenvalue weighted by molar-refractivity contribution is -0.190. The fourth-order valence-corrected chi connectivity index (χ4v) is 5.55. The molecule has 152 valence electrons. The van der Waals surface area contributed by atoms with Crippen LogP contribution in [-0.4, -0.2) is 36.1 Å². The molecule has 0 radical (unpaired) electrons. The predicted molar refractivity (Wildman–Crippen MR) is 109 cm³/mol. The zero-order valence-corrected chi connectivity index (χ0v) is 17.2. The maximum absolute atomic E-state index is 12.7. The molecule has 5 rings (SSSR count). The number of anilines is 1. The number of carbonyl (C=O) groups excluding carboxylic acids is 2. The van der Waals surface area contributed by atoms with E-state index in [2.05, 4.69) is 26.1 Å². The Morgan fingerprint density at radius 3 is 2.39 bits per heavy atom. The Balaban J connectivity index is 1.25. The van der Waals surface area contributed by atoms with Gasteiger partial charge in [-0.1, -0.05) is 39.0 Å². The first-order valence-electron chi connectivity index (χ1n) is 10.7. The number of nitrogens with one attached hydrogen (secondary N) is 1. The van der Waals surface area contributed by atoms with Crippen LogP contribution in [0.1, 0.15) is 46.5 Å². The number of nitrogens with zero attached hydrogens (tertiary/aromatic N) is 1. The first-order valence-corrected chi connectivity index (χ1v) is 10.7. The van der Waals surface area contributed by atoms with Gasteiger partial charge in [0, 0.05) is 18.8 Å². The molecule has 2 amide bonds. The van der Waals surface area contributed by atoms with Crippen LogP contribution in [0.15, 0.2) is 30.3 Å². The summed E-state index contributed by atoms with van der Waals surface area (Å²) in [5, 5.41) is 2.92. The summed E-state index contributed by atoms with van der Waals surface area (Å²) in [6, 6.07) is 9.37. The highest BCUT2D eigenvalue weighted by atomic mass is 16.5. The number of urea groups is 1. The van der Waals surface area contributed by atoms with Crippen LogP contribution >= 0.6 is 0 Å². The number of rotatable bonds is 3. The van der Waals surface area contributed by atoms with Gasteiger partial charge in [0.15, 0.2) is 0 Å². The van der Waals surface area contributed by atoms with Gasteiger partial charge in [-0.25, -0.2) is 4.79 Å². The molecule has 0 spiro atoms. The molecule has 1 aromatic carbocycles. The second kappa shape index (κ2) is 7.41. The summed E-state index contributed by atoms with van der Waals surface area (Å²) in [5.74, 6) is 1.67. The van der Waals surface area contributed by atoms with Gasteiger partial charge >= 0.3 is 12.0 Å². The van der Waals surface area contributed by atoms with Gasteiger partial charge in [-0.3, -0.25) is 4.79 Å². The van der Waals surface area contributed by atoms with Gasteiger partial charge in [-0.15, -0.1) is 0 Å². The highest BCUT2D eigenvalue weighted by molar-refractivity contribution is 5.89. The molecule has 28 heavy (non-hydrogen) atoms. The number of para-hydroxylation sites is 1. The Hall–Kier alpha value is -2.04. The molecule has 2 bridgehead atoms. The number of piperidine rings is 1. The predicted octanol–water partition coefficient (Wildman–Crippen LogP) is 4.54. The van der Waals surface area contributed by atoms with Crippen molar-refractivity contribution in [2.75, 3.05) is 18.4 Å². The number of hydrogen-bond donors (Lipinski definition) is 1. The lowest BCUT2D eigenvalue weighted by atomic mass is 9.45. The number of hydrogen-bond acceptors (Lipinski definition) is 3. The molecular weight excluding hydrogens is 352 g/mol. The molecule has 1 aromatic rings. The second-order valence-corrected chi connectivity index (χ2v) is 9.49. The summed E-state index contributed by atoms with van der Waals surface area (Å²) in [6.07, 6.45) is 3.73. The number of fused-ring (bicyclic) bond motifs is 2. The fraction of sp³-hybridized carbons (Fsp3) is 0.652. The number of likely N-dealkylation sites (tertiary alicyclic amines) is 1. The number of amides is 2. The molecule has 3 saturated carbocycles. The van der Waals surface area contributed by atoms with E-state index >= 15 is 0 Å². The standard InChI is InChI=1S/C23H32N2O3/c1-15-19-13-17(23(19,2)3)14-20(15)28-21(26)16-9-11-25(12-10-16)22(27)24-18-7-5-4-6-8-18/h4-8,15-17,19-20H,9-14H2,1-3H3,(H,24,27)/t15-,17+,19+,20+/m0/s1. The van der Waals surface area contributed by atoms with Crippen molar-refractivity contribution in [1.82, 2.24) is 4.90 Å². The second-order valence-electron chi connectivity index (χ2n) is 9.49. The minimum Gasteiger partial charge on any atom is -0.462 e. The summed E-state index contributed by atoms with van der Waals surface area (Å²) < 4.78 is 5.97. The van der Waals surface area contributed by atoms with Crippen LogP contribution in [0.25, 0.3) is 0 Å². The molecule has 1 heterocycles. The van der Waals surface area contributed by atoms with E-state index in [1.54, 1.807) is 4.90 Å². The Kier molecular flexibility index (Phi) is 5.11. The van der Waals surface area contributed by atoms with Crippen LogP contribution in [0.4, 0.5) is 10.5 Å². The van der Waals surface area contributed by atoms with Crippen LogP contribution in [0.2, 0.25) is 0 Å². The van der Waals surface area contributed by atoms with Crippen LogP contribution in [0, 0.1) is 29.1 Å². The van der Waals surface area contributed by atoms with E-state index in [0.29, 0.717) is 49.1 Å². The minimum atomic E-state index is -0.0961. The molecule has 1 aliphatic heterocycles. The summed E-state index contributed by atoms with van der Waals surface area (Å²) in [5.41, 5.74) is 1.20. The maximum Gasteiger partial charge on any atom is 0.321 e. The maximum atomic E-state index is 12.7. The molecule has 0 aromatic heterocycles. The van der Waals surface area contributed by atoms with Crippen molar-refractivity contribution in [2.45, 2.75) is 52.6 Å². The van der Waals surface area contributed by atoms with Gasteiger partial charge in [0.05, 0.1) is 5.92 Å². The molecular formula is C23H32N2O3. The number of carbonyl (C=O) groups is 2. The molecule has 4 aliphatic rings. The van der Waals surface area contributed by atoms with Crippen molar-refractivity contribution in [3.63, 3.8) is 0 Å². The molecule has 1 N–H and O–H groups in total. The largest absolute Gasteiger partial charge is 0.462 e. The highest BCUT2D eigenvalue weighted by Crippen LogP contribution is 2.61.